The molecule has 0 saturated heterocycles. The predicted molar refractivity (Wildman–Crippen MR) is 66.9 cm³/mol. The number of hydrogen-bond donors (Lipinski definition) is 1. The van der Waals surface area contributed by atoms with Crippen molar-refractivity contribution in [3.8, 4) is 0 Å². The second kappa shape index (κ2) is 5.64. The molecule has 84 valence electrons. The van der Waals surface area contributed by atoms with Crippen LogP contribution in [0, 0.1) is 0 Å². The molecule has 1 aromatic carbocycles. The Bertz CT molecular complexity index is 312. The summed E-state index contributed by atoms with van der Waals surface area (Å²) in [5.74, 6) is 0. The van der Waals surface area contributed by atoms with Gasteiger partial charge in [-0.3, -0.25) is 0 Å². The second-order valence-corrected chi connectivity index (χ2v) is 5.12. The van der Waals surface area contributed by atoms with E-state index in [4.69, 9.17) is 4.74 Å². The number of ether oxygens (including phenoxy) is 1. The molecular weight excluding hydrogens is 254 g/mol. The Morgan fingerprint density at radius 1 is 1.40 bits per heavy atom. The van der Waals surface area contributed by atoms with E-state index in [9.17, 15) is 0 Å². The van der Waals surface area contributed by atoms with Crippen LogP contribution in [0.1, 0.15) is 19.4 Å². The predicted octanol–water partition coefficient (Wildman–Crippen LogP) is 2.96. The SMILES string of the molecule is CNCC(C)(C)OCc1cccc(Br)c1. The monoisotopic (exact) mass is 271 g/mol. The Morgan fingerprint density at radius 3 is 2.73 bits per heavy atom. The summed E-state index contributed by atoms with van der Waals surface area (Å²) < 4.78 is 6.92. The number of nitrogens with one attached hydrogen (secondary N) is 1. The van der Waals surface area contributed by atoms with E-state index in [0.29, 0.717) is 6.61 Å². The smallest absolute Gasteiger partial charge is 0.0754 e. The fourth-order valence-corrected chi connectivity index (χ4v) is 1.83. The van der Waals surface area contributed by atoms with E-state index in [1.54, 1.807) is 0 Å². The molecule has 0 saturated carbocycles. The molecule has 0 spiro atoms. The summed E-state index contributed by atoms with van der Waals surface area (Å²) in [6.45, 7) is 5.66. The van der Waals surface area contributed by atoms with E-state index >= 15 is 0 Å². The van der Waals surface area contributed by atoms with E-state index in [-0.39, 0.29) is 5.60 Å². The van der Waals surface area contributed by atoms with Crippen LogP contribution in [0.2, 0.25) is 0 Å². The maximum absolute atomic E-state index is 5.83. The number of benzene rings is 1. The second-order valence-electron chi connectivity index (χ2n) is 4.21. The van der Waals surface area contributed by atoms with Gasteiger partial charge in [0.25, 0.3) is 0 Å². The standard InChI is InChI=1S/C12H18BrNO/c1-12(2,9-14-3)15-8-10-5-4-6-11(13)7-10/h4-7,14H,8-9H2,1-3H3. The van der Waals surface area contributed by atoms with Gasteiger partial charge in [0.05, 0.1) is 12.2 Å². The van der Waals surface area contributed by atoms with Gasteiger partial charge in [-0.1, -0.05) is 28.1 Å². The zero-order chi connectivity index (χ0) is 11.3. The van der Waals surface area contributed by atoms with E-state index in [1.165, 1.54) is 5.56 Å². The summed E-state index contributed by atoms with van der Waals surface area (Å²) in [5, 5.41) is 3.12. The van der Waals surface area contributed by atoms with E-state index in [1.807, 2.05) is 19.2 Å². The molecule has 0 aliphatic rings. The van der Waals surface area contributed by atoms with Crippen LogP contribution in [0.25, 0.3) is 0 Å². The number of likely N-dealkylation sites (N-methyl/N-ethyl adjacent to an activating group) is 1. The number of hydrogen-bond acceptors (Lipinski definition) is 2. The molecular formula is C12H18BrNO. The Kier molecular flexibility index (Phi) is 4.77. The molecule has 0 aliphatic heterocycles. The van der Waals surface area contributed by atoms with Crippen molar-refractivity contribution in [1.82, 2.24) is 5.32 Å². The van der Waals surface area contributed by atoms with Crippen molar-refractivity contribution in [1.29, 1.82) is 0 Å². The summed E-state index contributed by atoms with van der Waals surface area (Å²) in [5.41, 5.74) is 1.06. The van der Waals surface area contributed by atoms with Crippen LogP contribution in [0.4, 0.5) is 0 Å². The maximum Gasteiger partial charge on any atom is 0.0754 e. The third-order valence-electron chi connectivity index (χ3n) is 2.12. The van der Waals surface area contributed by atoms with Crippen molar-refractivity contribution < 1.29 is 4.74 Å². The molecule has 0 bridgehead atoms. The van der Waals surface area contributed by atoms with Gasteiger partial charge >= 0.3 is 0 Å². The molecule has 0 heterocycles. The number of halogens is 1. The molecule has 1 N–H and O–H groups in total. The lowest BCUT2D eigenvalue weighted by Gasteiger charge is -2.25. The summed E-state index contributed by atoms with van der Waals surface area (Å²) in [6, 6.07) is 8.19. The fraction of sp³-hybridized carbons (Fsp3) is 0.500. The maximum atomic E-state index is 5.83. The molecule has 0 unspecified atom stereocenters. The lowest BCUT2D eigenvalue weighted by atomic mass is 10.1. The average Bonchev–Trinajstić information content (AvgIpc) is 2.15. The van der Waals surface area contributed by atoms with Crippen molar-refractivity contribution in [2.24, 2.45) is 0 Å². The highest BCUT2D eigenvalue weighted by molar-refractivity contribution is 9.10. The average molecular weight is 272 g/mol. The third-order valence-corrected chi connectivity index (χ3v) is 2.61. The van der Waals surface area contributed by atoms with Crippen molar-refractivity contribution in [2.45, 2.75) is 26.1 Å². The molecule has 0 radical (unpaired) electrons. The quantitative estimate of drug-likeness (QED) is 0.889. The van der Waals surface area contributed by atoms with Gasteiger partial charge in [0.2, 0.25) is 0 Å². The Morgan fingerprint density at radius 2 is 2.13 bits per heavy atom. The molecule has 1 rings (SSSR count). The van der Waals surface area contributed by atoms with Crippen LogP contribution in [0.3, 0.4) is 0 Å². The van der Waals surface area contributed by atoms with Crippen LogP contribution in [-0.2, 0) is 11.3 Å². The van der Waals surface area contributed by atoms with Gasteiger partial charge in [0.1, 0.15) is 0 Å². The van der Waals surface area contributed by atoms with Crippen molar-refractivity contribution in [2.75, 3.05) is 13.6 Å². The van der Waals surface area contributed by atoms with Crippen molar-refractivity contribution in [3.63, 3.8) is 0 Å². The molecule has 0 amide bonds. The lowest BCUT2D eigenvalue weighted by Crippen LogP contribution is -2.35. The summed E-state index contributed by atoms with van der Waals surface area (Å²) in [7, 11) is 1.93. The number of rotatable bonds is 5. The molecule has 3 heteroatoms. The van der Waals surface area contributed by atoms with Gasteiger partial charge in [-0.05, 0) is 38.6 Å². The normalized spacial score (nSPS) is 11.7. The molecule has 0 aliphatic carbocycles. The van der Waals surface area contributed by atoms with Gasteiger partial charge in [-0.15, -0.1) is 0 Å². The van der Waals surface area contributed by atoms with Crippen molar-refractivity contribution in [3.05, 3.63) is 34.3 Å². The van der Waals surface area contributed by atoms with Gasteiger partial charge in [0.15, 0.2) is 0 Å². The van der Waals surface area contributed by atoms with Gasteiger partial charge < -0.3 is 10.1 Å². The Labute approximate surface area is 100 Å². The zero-order valence-electron chi connectivity index (χ0n) is 9.51. The van der Waals surface area contributed by atoms with E-state index in [2.05, 4.69) is 47.2 Å². The molecule has 2 nitrogen and oxygen atoms in total. The van der Waals surface area contributed by atoms with Crippen LogP contribution >= 0.6 is 15.9 Å². The Balaban J connectivity index is 2.49. The fourth-order valence-electron chi connectivity index (χ4n) is 1.38. The first-order chi connectivity index (χ1) is 7.03. The van der Waals surface area contributed by atoms with Gasteiger partial charge in [0, 0.05) is 11.0 Å². The van der Waals surface area contributed by atoms with E-state index in [0.717, 1.165) is 11.0 Å². The highest BCUT2D eigenvalue weighted by Gasteiger charge is 2.16. The highest BCUT2D eigenvalue weighted by atomic mass is 79.9. The van der Waals surface area contributed by atoms with Crippen LogP contribution < -0.4 is 5.32 Å². The first-order valence-corrected chi connectivity index (χ1v) is 5.86. The van der Waals surface area contributed by atoms with Crippen LogP contribution in [-0.4, -0.2) is 19.2 Å². The van der Waals surface area contributed by atoms with Gasteiger partial charge in [-0.25, -0.2) is 0 Å². The van der Waals surface area contributed by atoms with Crippen LogP contribution in [0.5, 0.6) is 0 Å². The van der Waals surface area contributed by atoms with Crippen molar-refractivity contribution >= 4 is 15.9 Å². The minimum absolute atomic E-state index is 0.128. The molecule has 0 aromatic heterocycles. The zero-order valence-corrected chi connectivity index (χ0v) is 11.1. The molecule has 0 fully saturated rings. The first-order valence-electron chi connectivity index (χ1n) is 5.06. The largest absolute Gasteiger partial charge is 0.370 e. The molecule has 1 aromatic rings. The molecule has 15 heavy (non-hydrogen) atoms. The summed E-state index contributed by atoms with van der Waals surface area (Å²) >= 11 is 3.45. The Hall–Kier alpha value is -0.380. The third kappa shape index (κ3) is 4.78. The van der Waals surface area contributed by atoms with Crippen LogP contribution in [0.15, 0.2) is 28.7 Å². The summed E-state index contributed by atoms with van der Waals surface area (Å²) in [6.07, 6.45) is 0. The highest BCUT2D eigenvalue weighted by Crippen LogP contribution is 2.15. The minimum atomic E-state index is -0.128. The molecule has 0 atom stereocenters. The van der Waals surface area contributed by atoms with Gasteiger partial charge in [-0.2, -0.15) is 0 Å². The lowest BCUT2D eigenvalue weighted by molar-refractivity contribution is -0.0267. The summed E-state index contributed by atoms with van der Waals surface area (Å²) in [4.78, 5) is 0. The topological polar surface area (TPSA) is 21.3 Å². The first kappa shape index (κ1) is 12.7. The van der Waals surface area contributed by atoms with E-state index < -0.39 is 0 Å². The minimum Gasteiger partial charge on any atom is -0.370 e.